The Morgan fingerprint density at radius 3 is 2.63 bits per heavy atom. The van der Waals surface area contributed by atoms with Crippen molar-refractivity contribution in [3.63, 3.8) is 0 Å². The van der Waals surface area contributed by atoms with E-state index >= 15 is 0 Å². The summed E-state index contributed by atoms with van der Waals surface area (Å²) in [5.41, 5.74) is 4.81. The van der Waals surface area contributed by atoms with E-state index in [1.165, 1.54) is 0 Å². The minimum Gasteiger partial charge on any atom is -0.486 e. The summed E-state index contributed by atoms with van der Waals surface area (Å²) in [6.07, 6.45) is 1.66. The Kier molecular flexibility index (Phi) is 3.15. The van der Waals surface area contributed by atoms with Crippen LogP contribution in [-0.4, -0.2) is 13.2 Å². The lowest BCUT2D eigenvalue weighted by Gasteiger charge is -2.21. The molecule has 0 saturated carbocycles. The zero-order valence-electron chi connectivity index (χ0n) is 10.7. The number of furan rings is 1. The zero-order valence-corrected chi connectivity index (χ0v) is 10.7. The number of benzene rings is 1. The molecule has 1 unspecified atom stereocenters. The highest BCUT2D eigenvalue weighted by molar-refractivity contribution is 5.46. The molecule has 1 aromatic carbocycles. The second-order valence-corrected chi connectivity index (χ2v) is 4.47. The summed E-state index contributed by atoms with van der Waals surface area (Å²) in [5.74, 6) is 7.97. The van der Waals surface area contributed by atoms with E-state index in [9.17, 15) is 0 Å². The van der Waals surface area contributed by atoms with Gasteiger partial charge in [-0.2, -0.15) is 0 Å². The first kappa shape index (κ1) is 12.1. The third-order valence-corrected chi connectivity index (χ3v) is 3.23. The molecule has 3 N–H and O–H groups in total. The topological polar surface area (TPSA) is 69.7 Å². The van der Waals surface area contributed by atoms with Crippen LogP contribution in [0.15, 0.2) is 34.9 Å². The number of nitrogens with two attached hydrogens (primary N) is 1. The van der Waals surface area contributed by atoms with Crippen molar-refractivity contribution in [2.24, 2.45) is 5.84 Å². The Morgan fingerprint density at radius 2 is 1.95 bits per heavy atom. The Morgan fingerprint density at radius 1 is 1.16 bits per heavy atom. The van der Waals surface area contributed by atoms with Gasteiger partial charge < -0.3 is 13.9 Å². The summed E-state index contributed by atoms with van der Waals surface area (Å²) in [4.78, 5) is 0. The zero-order chi connectivity index (χ0) is 13.2. The van der Waals surface area contributed by atoms with Crippen LogP contribution in [0.3, 0.4) is 0 Å². The van der Waals surface area contributed by atoms with Gasteiger partial charge in [0.15, 0.2) is 11.5 Å². The molecule has 100 valence electrons. The van der Waals surface area contributed by atoms with Crippen molar-refractivity contribution in [2.45, 2.75) is 13.0 Å². The number of aryl methyl sites for hydroxylation is 1. The van der Waals surface area contributed by atoms with Crippen molar-refractivity contribution in [3.8, 4) is 11.5 Å². The molecule has 3 rings (SSSR count). The van der Waals surface area contributed by atoms with Gasteiger partial charge in [0.25, 0.3) is 0 Å². The Hall–Kier alpha value is -1.98. The van der Waals surface area contributed by atoms with Gasteiger partial charge in [-0.3, -0.25) is 5.84 Å². The van der Waals surface area contributed by atoms with E-state index in [2.05, 4.69) is 5.43 Å². The minimum absolute atomic E-state index is 0.203. The third-order valence-electron chi connectivity index (χ3n) is 3.23. The van der Waals surface area contributed by atoms with Gasteiger partial charge in [-0.1, -0.05) is 6.07 Å². The van der Waals surface area contributed by atoms with Gasteiger partial charge in [0.1, 0.15) is 25.0 Å². The minimum atomic E-state index is -0.203. The van der Waals surface area contributed by atoms with E-state index in [4.69, 9.17) is 19.7 Å². The molecule has 0 bridgehead atoms. The fraction of sp³-hybridized carbons (Fsp3) is 0.286. The van der Waals surface area contributed by atoms with Gasteiger partial charge in [0.05, 0.1) is 6.26 Å². The maximum atomic E-state index is 5.66. The lowest BCUT2D eigenvalue weighted by molar-refractivity contribution is 0.171. The number of fused-ring (bicyclic) bond motifs is 1. The lowest BCUT2D eigenvalue weighted by atomic mass is 10.0. The van der Waals surface area contributed by atoms with Crippen LogP contribution in [0.1, 0.15) is 22.9 Å². The van der Waals surface area contributed by atoms with E-state index in [1.807, 2.05) is 31.2 Å². The quantitative estimate of drug-likeness (QED) is 0.651. The average molecular weight is 260 g/mol. The fourth-order valence-corrected chi connectivity index (χ4v) is 2.24. The van der Waals surface area contributed by atoms with Crippen LogP contribution in [0.25, 0.3) is 0 Å². The van der Waals surface area contributed by atoms with Crippen LogP contribution >= 0.6 is 0 Å². The van der Waals surface area contributed by atoms with Crippen molar-refractivity contribution in [1.82, 2.24) is 5.43 Å². The average Bonchev–Trinajstić information content (AvgIpc) is 2.86. The number of ether oxygens (including phenoxy) is 2. The highest BCUT2D eigenvalue weighted by atomic mass is 16.6. The first-order valence-electron chi connectivity index (χ1n) is 6.19. The summed E-state index contributed by atoms with van der Waals surface area (Å²) in [6.45, 7) is 3.14. The fourth-order valence-electron chi connectivity index (χ4n) is 2.24. The van der Waals surface area contributed by atoms with E-state index in [0.717, 1.165) is 28.4 Å². The standard InChI is InChI=1S/C14H16N2O3/c1-9-4-5-19-14(9)13(16-15)10-2-3-11-12(8-10)18-7-6-17-11/h2-5,8,13,16H,6-7,15H2,1H3. The van der Waals surface area contributed by atoms with Crippen molar-refractivity contribution in [3.05, 3.63) is 47.4 Å². The van der Waals surface area contributed by atoms with Gasteiger partial charge in [0.2, 0.25) is 0 Å². The molecule has 0 spiro atoms. The van der Waals surface area contributed by atoms with Crippen molar-refractivity contribution < 1.29 is 13.9 Å². The predicted molar refractivity (Wildman–Crippen MR) is 70.0 cm³/mol. The molecule has 0 aliphatic carbocycles. The van der Waals surface area contributed by atoms with Crippen LogP contribution in [0.5, 0.6) is 11.5 Å². The largest absolute Gasteiger partial charge is 0.486 e. The van der Waals surface area contributed by atoms with Crippen LogP contribution in [-0.2, 0) is 0 Å². The molecule has 1 aromatic heterocycles. The summed E-state index contributed by atoms with van der Waals surface area (Å²) < 4.78 is 16.6. The van der Waals surface area contributed by atoms with Crippen LogP contribution in [0.4, 0.5) is 0 Å². The third kappa shape index (κ3) is 2.18. The first-order chi connectivity index (χ1) is 9.29. The molecular formula is C14H16N2O3. The normalized spacial score (nSPS) is 15.3. The molecule has 1 aliphatic rings. The lowest BCUT2D eigenvalue weighted by Crippen LogP contribution is -2.29. The number of hydrazine groups is 1. The summed E-state index contributed by atoms with van der Waals surface area (Å²) >= 11 is 0. The first-order valence-corrected chi connectivity index (χ1v) is 6.19. The molecule has 0 saturated heterocycles. The monoisotopic (exact) mass is 260 g/mol. The smallest absolute Gasteiger partial charge is 0.161 e. The van der Waals surface area contributed by atoms with Crippen molar-refractivity contribution in [2.75, 3.05) is 13.2 Å². The second-order valence-electron chi connectivity index (χ2n) is 4.47. The molecule has 0 fully saturated rings. The molecule has 0 radical (unpaired) electrons. The van der Waals surface area contributed by atoms with E-state index in [1.54, 1.807) is 6.26 Å². The highest BCUT2D eigenvalue weighted by Crippen LogP contribution is 2.34. The van der Waals surface area contributed by atoms with Crippen molar-refractivity contribution in [1.29, 1.82) is 0 Å². The molecule has 1 aliphatic heterocycles. The van der Waals surface area contributed by atoms with Gasteiger partial charge in [-0.15, -0.1) is 0 Å². The highest BCUT2D eigenvalue weighted by Gasteiger charge is 2.21. The maximum Gasteiger partial charge on any atom is 0.161 e. The molecule has 5 heteroatoms. The van der Waals surface area contributed by atoms with Gasteiger partial charge in [-0.25, -0.2) is 5.43 Å². The van der Waals surface area contributed by atoms with Crippen LogP contribution in [0, 0.1) is 6.92 Å². The van der Waals surface area contributed by atoms with E-state index in [-0.39, 0.29) is 6.04 Å². The molecular weight excluding hydrogens is 244 g/mol. The van der Waals surface area contributed by atoms with Crippen LogP contribution in [0.2, 0.25) is 0 Å². The molecule has 2 aromatic rings. The SMILES string of the molecule is Cc1ccoc1C(NN)c1ccc2c(c1)OCCO2. The molecule has 1 atom stereocenters. The molecule has 19 heavy (non-hydrogen) atoms. The van der Waals surface area contributed by atoms with Gasteiger partial charge in [0, 0.05) is 0 Å². The predicted octanol–water partition coefficient (Wildman–Crippen LogP) is 1.91. The molecule has 0 amide bonds. The number of hydrogen-bond donors (Lipinski definition) is 2. The second kappa shape index (κ2) is 4.95. The maximum absolute atomic E-state index is 5.66. The number of nitrogens with one attached hydrogen (secondary N) is 1. The summed E-state index contributed by atoms with van der Waals surface area (Å²) in [7, 11) is 0. The van der Waals surface area contributed by atoms with E-state index < -0.39 is 0 Å². The summed E-state index contributed by atoms with van der Waals surface area (Å²) in [6, 6.07) is 7.50. The van der Waals surface area contributed by atoms with Gasteiger partial charge >= 0.3 is 0 Å². The number of hydrogen-bond acceptors (Lipinski definition) is 5. The van der Waals surface area contributed by atoms with Crippen LogP contribution < -0.4 is 20.7 Å². The Balaban J connectivity index is 1.98. The van der Waals surface area contributed by atoms with E-state index in [0.29, 0.717) is 13.2 Å². The Bertz CT molecular complexity index is 580. The van der Waals surface area contributed by atoms with Crippen molar-refractivity contribution >= 4 is 0 Å². The Labute approximate surface area is 111 Å². The number of rotatable bonds is 3. The molecule has 5 nitrogen and oxygen atoms in total. The van der Waals surface area contributed by atoms with Gasteiger partial charge in [-0.05, 0) is 36.2 Å². The summed E-state index contributed by atoms with van der Waals surface area (Å²) in [5, 5.41) is 0. The molecule has 2 heterocycles.